The van der Waals surface area contributed by atoms with E-state index in [4.69, 9.17) is 22.1 Å². The predicted molar refractivity (Wildman–Crippen MR) is 88.6 cm³/mol. The largest absolute Gasteiger partial charge is 0.496 e. The molecule has 0 aliphatic rings. The average Bonchev–Trinajstić information content (AvgIpc) is 2.54. The molecule has 2 aromatic carbocycles. The number of benzene rings is 2. The zero-order chi connectivity index (χ0) is 16.8. The van der Waals surface area contributed by atoms with Gasteiger partial charge < -0.3 is 15.8 Å². The third-order valence-electron chi connectivity index (χ3n) is 3.38. The van der Waals surface area contributed by atoms with E-state index in [1.54, 1.807) is 37.4 Å². The number of methoxy groups -OCH3 is 1. The molecule has 3 N–H and O–H groups in total. The number of halogens is 1. The summed E-state index contributed by atoms with van der Waals surface area (Å²) in [5.41, 5.74) is 6.48. The molecule has 2 rings (SSSR count). The van der Waals surface area contributed by atoms with E-state index in [2.05, 4.69) is 5.32 Å². The molecule has 0 spiro atoms. The fourth-order valence-corrected chi connectivity index (χ4v) is 2.42. The summed E-state index contributed by atoms with van der Waals surface area (Å²) in [5.74, 6) is -0.448. The molecule has 0 saturated heterocycles. The van der Waals surface area contributed by atoms with Gasteiger partial charge in [-0.2, -0.15) is 0 Å². The maximum absolute atomic E-state index is 12.3. The van der Waals surface area contributed by atoms with Crippen molar-refractivity contribution in [1.29, 1.82) is 0 Å². The van der Waals surface area contributed by atoms with Crippen molar-refractivity contribution in [2.24, 2.45) is 5.73 Å². The molecule has 120 valence electrons. The highest BCUT2D eigenvalue weighted by Gasteiger charge is 2.21. The van der Waals surface area contributed by atoms with Crippen molar-refractivity contribution in [3.8, 4) is 5.75 Å². The second-order valence-corrected chi connectivity index (χ2v) is 5.33. The first-order valence-electron chi connectivity index (χ1n) is 6.99. The van der Waals surface area contributed by atoms with Crippen LogP contribution in [0.2, 0.25) is 5.02 Å². The monoisotopic (exact) mass is 332 g/mol. The molecule has 0 aromatic heterocycles. The van der Waals surface area contributed by atoms with Crippen molar-refractivity contribution in [2.75, 3.05) is 7.11 Å². The molecule has 0 aliphatic heterocycles. The summed E-state index contributed by atoms with van der Waals surface area (Å²) >= 11 is 5.99. The first-order chi connectivity index (χ1) is 11.0. The molecule has 0 heterocycles. The first-order valence-corrected chi connectivity index (χ1v) is 7.37. The van der Waals surface area contributed by atoms with E-state index in [9.17, 15) is 9.59 Å². The van der Waals surface area contributed by atoms with Crippen LogP contribution < -0.4 is 15.8 Å². The van der Waals surface area contributed by atoms with Crippen molar-refractivity contribution in [1.82, 2.24) is 5.32 Å². The molecule has 0 unspecified atom stereocenters. The molecule has 0 saturated carbocycles. The smallest absolute Gasteiger partial charge is 0.253 e. The van der Waals surface area contributed by atoms with Crippen LogP contribution in [0, 0.1) is 0 Å². The minimum atomic E-state index is -0.866. The Hall–Kier alpha value is -2.53. The standard InChI is InChI=1S/C17H17ClN2O3/c1-23-15-9-5-2-6-11(15)10-14(16(19)21)20-17(22)12-7-3-4-8-13(12)18/h2-9,14H,10H2,1H3,(H2,19,21)(H,20,22)/t14-/m1/s1. The number of amides is 2. The Morgan fingerprint density at radius 3 is 2.48 bits per heavy atom. The topological polar surface area (TPSA) is 81.4 Å². The highest BCUT2D eigenvalue weighted by molar-refractivity contribution is 6.33. The third-order valence-corrected chi connectivity index (χ3v) is 3.71. The van der Waals surface area contributed by atoms with Gasteiger partial charge in [0.1, 0.15) is 11.8 Å². The molecule has 5 nitrogen and oxygen atoms in total. The van der Waals surface area contributed by atoms with E-state index < -0.39 is 17.9 Å². The van der Waals surface area contributed by atoms with Gasteiger partial charge in [-0.15, -0.1) is 0 Å². The number of hydrogen-bond donors (Lipinski definition) is 2. The Balaban J connectivity index is 2.18. The van der Waals surface area contributed by atoms with E-state index in [0.717, 1.165) is 5.56 Å². The summed E-state index contributed by atoms with van der Waals surface area (Å²) in [4.78, 5) is 24.0. The highest BCUT2D eigenvalue weighted by Crippen LogP contribution is 2.20. The zero-order valence-electron chi connectivity index (χ0n) is 12.6. The van der Waals surface area contributed by atoms with Crippen molar-refractivity contribution >= 4 is 23.4 Å². The van der Waals surface area contributed by atoms with Crippen molar-refractivity contribution in [3.05, 3.63) is 64.7 Å². The summed E-state index contributed by atoms with van der Waals surface area (Å²) in [7, 11) is 1.54. The van der Waals surface area contributed by atoms with Gasteiger partial charge in [-0.3, -0.25) is 9.59 Å². The van der Waals surface area contributed by atoms with Crippen LogP contribution in [-0.4, -0.2) is 25.0 Å². The van der Waals surface area contributed by atoms with E-state index in [1.807, 2.05) is 18.2 Å². The molecule has 23 heavy (non-hydrogen) atoms. The molecule has 0 bridgehead atoms. The Bertz CT molecular complexity index is 718. The Morgan fingerprint density at radius 2 is 1.83 bits per heavy atom. The maximum atomic E-state index is 12.3. The number of nitrogens with one attached hydrogen (secondary N) is 1. The van der Waals surface area contributed by atoms with E-state index in [-0.39, 0.29) is 6.42 Å². The number of primary amides is 1. The van der Waals surface area contributed by atoms with Crippen LogP contribution >= 0.6 is 11.6 Å². The van der Waals surface area contributed by atoms with Gasteiger partial charge >= 0.3 is 0 Å². The van der Waals surface area contributed by atoms with Crippen LogP contribution in [0.1, 0.15) is 15.9 Å². The molecule has 2 aromatic rings. The summed E-state index contributed by atoms with van der Waals surface area (Å²) in [6.07, 6.45) is 0.232. The van der Waals surface area contributed by atoms with Gasteiger partial charge in [0.25, 0.3) is 5.91 Å². The fourth-order valence-electron chi connectivity index (χ4n) is 2.20. The quantitative estimate of drug-likeness (QED) is 0.850. The van der Waals surface area contributed by atoms with Gasteiger partial charge in [0.05, 0.1) is 17.7 Å². The van der Waals surface area contributed by atoms with Gasteiger partial charge in [-0.05, 0) is 23.8 Å². The Morgan fingerprint density at radius 1 is 1.17 bits per heavy atom. The zero-order valence-corrected chi connectivity index (χ0v) is 13.3. The molecular formula is C17H17ClN2O3. The highest BCUT2D eigenvalue weighted by atomic mass is 35.5. The lowest BCUT2D eigenvalue weighted by molar-refractivity contribution is -0.119. The lowest BCUT2D eigenvalue weighted by Gasteiger charge is -2.17. The van der Waals surface area contributed by atoms with Gasteiger partial charge in [-0.1, -0.05) is 41.9 Å². The van der Waals surface area contributed by atoms with E-state index in [1.165, 1.54) is 0 Å². The number of para-hydroxylation sites is 1. The minimum Gasteiger partial charge on any atom is -0.496 e. The Labute approximate surface area is 139 Å². The number of nitrogens with two attached hydrogens (primary N) is 1. The number of ether oxygens (including phenoxy) is 1. The van der Waals surface area contributed by atoms with Crippen LogP contribution in [0.3, 0.4) is 0 Å². The average molecular weight is 333 g/mol. The second-order valence-electron chi connectivity index (χ2n) is 4.92. The van der Waals surface area contributed by atoms with Gasteiger partial charge in [0.2, 0.25) is 5.91 Å². The molecule has 1 atom stereocenters. The Kier molecular flexibility index (Phi) is 5.60. The van der Waals surface area contributed by atoms with Gasteiger partial charge in [-0.25, -0.2) is 0 Å². The number of carbonyl (C=O) groups excluding carboxylic acids is 2. The minimum absolute atomic E-state index is 0.232. The molecular weight excluding hydrogens is 316 g/mol. The lowest BCUT2D eigenvalue weighted by atomic mass is 10.0. The maximum Gasteiger partial charge on any atom is 0.253 e. The van der Waals surface area contributed by atoms with Crippen LogP contribution in [0.15, 0.2) is 48.5 Å². The molecule has 0 radical (unpaired) electrons. The predicted octanol–water partition coefficient (Wildman–Crippen LogP) is 2.17. The van der Waals surface area contributed by atoms with Crippen molar-refractivity contribution < 1.29 is 14.3 Å². The van der Waals surface area contributed by atoms with Gasteiger partial charge in [0, 0.05) is 6.42 Å². The molecule has 6 heteroatoms. The van der Waals surface area contributed by atoms with Crippen LogP contribution in [0.4, 0.5) is 0 Å². The van der Waals surface area contributed by atoms with Crippen LogP contribution in [-0.2, 0) is 11.2 Å². The van der Waals surface area contributed by atoms with Crippen LogP contribution in [0.25, 0.3) is 0 Å². The summed E-state index contributed by atoms with van der Waals surface area (Å²) < 4.78 is 5.25. The summed E-state index contributed by atoms with van der Waals surface area (Å²) in [6, 6.07) is 13.0. The van der Waals surface area contributed by atoms with Crippen molar-refractivity contribution in [3.63, 3.8) is 0 Å². The normalized spacial score (nSPS) is 11.6. The lowest BCUT2D eigenvalue weighted by Crippen LogP contribution is -2.46. The second kappa shape index (κ2) is 7.65. The summed E-state index contributed by atoms with van der Waals surface area (Å²) in [6.45, 7) is 0. The molecule has 0 fully saturated rings. The third kappa shape index (κ3) is 4.23. The SMILES string of the molecule is COc1ccccc1C[C@@H](NC(=O)c1ccccc1Cl)C(N)=O. The number of rotatable bonds is 6. The molecule has 0 aliphatic carbocycles. The summed E-state index contributed by atoms with van der Waals surface area (Å²) in [5, 5.41) is 2.93. The number of hydrogen-bond acceptors (Lipinski definition) is 3. The first kappa shape index (κ1) is 16.8. The molecule has 2 amide bonds. The van der Waals surface area contributed by atoms with Gasteiger partial charge in [0.15, 0.2) is 0 Å². The number of carbonyl (C=O) groups is 2. The fraction of sp³-hybridized carbons (Fsp3) is 0.176. The van der Waals surface area contributed by atoms with Crippen molar-refractivity contribution in [2.45, 2.75) is 12.5 Å². The van der Waals surface area contributed by atoms with Crippen LogP contribution in [0.5, 0.6) is 5.75 Å². The van der Waals surface area contributed by atoms with E-state index >= 15 is 0 Å². The van der Waals surface area contributed by atoms with E-state index in [0.29, 0.717) is 16.3 Å².